The lowest BCUT2D eigenvalue weighted by molar-refractivity contribution is -0.122. The monoisotopic (exact) mass is 343 g/mol. The van der Waals surface area contributed by atoms with E-state index in [1.54, 1.807) is 6.20 Å². The van der Waals surface area contributed by atoms with Gasteiger partial charge in [-0.1, -0.05) is 11.2 Å². The molecule has 0 saturated heterocycles. The molecule has 3 rings (SSSR count). The van der Waals surface area contributed by atoms with Crippen LogP contribution in [0.2, 0.25) is 0 Å². The number of nitrogens with one attached hydrogen (secondary N) is 1. The number of aromatic nitrogens is 2. The van der Waals surface area contributed by atoms with Crippen molar-refractivity contribution in [1.29, 1.82) is 0 Å². The molecule has 2 N–H and O–H groups in total. The third-order valence-electron chi connectivity index (χ3n) is 5.00. The van der Waals surface area contributed by atoms with Crippen molar-refractivity contribution in [3.8, 4) is 0 Å². The Morgan fingerprint density at radius 3 is 2.80 bits per heavy atom. The minimum absolute atomic E-state index is 0.00969. The van der Waals surface area contributed by atoms with Gasteiger partial charge in [-0.15, -0.1) is 0 Å². The number of amides is 1. The third-order valence-corrected chi connectivity index (χ3v) is 5.00. The van der Waals surface area contributed by atoms with E-state index >= 15 is 0 Å². The van der Waals surface area contributed by atoms with Crippen LogP contribution in [0.4, 0.5) is 0 Å². The van der Waals surface area contributed by atoms with Crippen LogP contribution < -0.4 is 5.32 Å². The molecule has 0 radical (unpaired) electrons. The summed E-state index contributed by atoms with van der Waals surface area (Å²) in [5, 5.41) is 16.7. The average Bonchev–Trinajstić information content (AvgIpc) is 2.89. The van der Waals surface area contributed by atoms with Crippen molar-refractivity contribution in [2.45, 2.75) is 58.1 Å². The zero-order valence-electron chi connectivity index (χ0n) is 14.7. The summed E-state index contributed by atoms with van der Waals surface area (Å²) in [6.45, 7) is 3.76. The first kappa shape index (κ1) is 17.6. The minimum atomic E-state index is -0.240. The van der Waals surface area contributed by atoms with Gasteiger partial charge in [0.15, 0.2) is 0 Å². The SMILES string of the molecule is Cc1noc(C)c1CCC(=O)N[C@H](Cc1ccccn1)C1CC(O)C1. The minimum Gasteiger partial charge on any atom is -0.393 e. The van der Waals surface area contributed by atoms with Gasteiger partial charge in [-0.3, -0.25) is 9.78 Å². The Balaban J connectivity index is 1.58. The van der Waals surface area contributed by atoms with E-state index < -0.39 is 0 Å². The van der Waals surface area contributed by atoms with Crippen LogP contribution in [0.1, 0.15) is 42.0 Å². The lowest BCUT2D eigenvalue weighted by Gasteiger charge is -2.38. The van der Waals surface area contributed by atoms with E-state index in [1.807, 2.05) is 32.0 Å². The van der Waals surface area contributed by atoms with Gasteiger partial charge in [0, 0.05) is 36.3 Å². The summed E-state index contributed by atoms with van der Waals surface area (Å²) in [7, 11) is 0. The van der Waals surface area contributed by atoms with Crippen LogP contribution in [-0.2, 0) is 17.6 Å². The van der Waals surface area contributed by atoms with Gasteiger partial charge >= 0.3 is 0 Å². The number of nitrogens with zero attached hydrogens (tertiary/aromatic N) is 2. The first-order valence-corrected chi connectivity index (χ1v) is 8.82. The van der Waals surface area contributed by atoms with Crippen molar-refractivity contribution in [3.63, 3.8) is 0 Å². The first-order valence-electron chi connectivity index (χ1n) is 8.82. The Bertz CT molecular complexity index is 688. The molecule has 1 aliphatic rings. The highest BCUT2D eigenvalue weighted by atomic mass is 16.5. The van der Waals surface area contributed by atoms with Gasteiger partial charge in [0.1, 0.15) is 5.76 Å². The largest absolute Gasteiger partial charge is 0.393 e. The van der Waals surface area contributed by atoms with Crippen LogP contribution in [0.25, 0.3) is 0 Å². The number of aryl methyl sites for hydroxylation is 2. The first-order chi connectivity index (χ1) is 12.0. The maximum absolute atomic E-state index is 12.4. The molecule has 2 heterocycles. The molecule has 6 nitrogen and oxygen atoms in total. The van der Waals surface area contributed by atoms with Crippen molar-refractivity contribution in [1.82, 2.24) is 15.5 Å². The number of pyridine rings is 1. The molecule has 134 valence electrons. The van der Waals surface area contributed by atoms with Crippen molar-refractivity contribution in [3.05, 3.63) is 47.1 Å². The fraction of sp³-hybridized carbons (Fsp3) is 0.526. The molecule has 2 aromatic rings. The number of rotatable bonds is 7. The molecule has 6 heteroatoms. The van der Waals surface area contributed by atoms with E-state index in [-0.39, 0.29) is 18.1 Å². The number of aliphatic hydroxyl groups excluding tert-OH is 1. The molecule has 0 unspecified atom stereocenters. The highest BCUT2D eigenvalue weighted by molar-refractivity contribution is 5.76. The van der Waals surface area contributed by atoms with Crippen LogP contribution >= 0.6 is 0 Å². The summed E-state index contributed by atoms with van der Waals surface area (Å²) in [5.74, 6) is 1.10. The van der Waals surface area contributed by atoms with Crippen molar-refractivity contribution >= 4 is 5.91 Å². The van der Waals surface area contributed by atoms with Gasteiger partial charge in [0.2, 0.25) is 5.91 Å². The van der Waals surface area contributed by atoms with E-state index in [1.165, 1.54) is 0 Å². The summed E-state index contributed by atoms with van der Waals surface area (Å²) in [5.41, 5.74) is 2.81. The molecule has 1 atom stereocenters. The third kappa shape index (κ3) is 4.45. The maximum Gasteiger partial charge on any atom is 0.220 e. The summed E-state index contributed by atoms with van der Waals surface area (Å²) in [4.78, 5) is 16.8. The van der Waals surface area contributed by atoms with Gasteiger partial charge in [0.05, 0.1) is 11.8 Å². The molecule has 0 aromatic carbocycles. The molecule has 1 aliphatic carbocycles. The zero-order chi connectivity index (χ0) is 17.8. The van der Waals surface area contributed by atoms with E-state index in [4.69, 9.17) is 4.52 Å². The molecule has 0 bridgehead atoms. The van der Waals surface area contributed by atoms with E-state index in [2.05, 4.69) is 15.5 Å². The van der Waals surface area contributed by atoms with Gasteiger partial charge in [-0.25, -0.2) is 0 Å². The Morgan fingerprint density at radius 2 is 2.20 bits per heavy atom. The normalized spacial score (nSPS) is 20.8. The second kappa shape index (κ2) is 7.78. The van der Waals surface area contributed by atoms with Gasteiger partial charge < -0.3 is 14.9 Å². The van der Waals surface area contributed by atoms with Crippen LogP contribution in [0.5, 0.6) is 0 Å². The highest BCUT2D eigenvalue weighted by Crippen LogP contribution is 2.31. The number of carbonyl (C=O) groups is 1. The maximum atomic E-state index is 12.4. The topological polar surface area (TPSA) is 88.3 Å². The Labute approximate surface area is 147 Å². The summed E-state index contributed by atoms with van der Waals surface area (Å²) < 4.78 is 5.15. The lowest BCUT2D eigenvalue weighted by atomic mass is 9.76. The van der Waals surface area contributed by atoms with Crippen molar-refractivity contribution in [2.24, 2.45) is 5.92 Å². The Kier molecular flexibility index (Phi) is 5.48. The summed E-state index contributed by atoms with van der Waals surface area (Å²) in [6.07, 6.45) is 4.71. The molecule has 0 spiro atoms. The van der Waals surface area contributed by atoms with Gasteiger partial charge in [-0.05, 0) is 51.2 Å². The smallest absolute Gasteiger partial charge is 0.220 e. The van der Waals surface area contributed by atoms with E-state index in [9.17, 15) is 9.90 Å². The molecule has 1 amide bonds. The number of hydrogen-bond acceptors (Lipinski definition) is 5. The van der Waals surface area contributed by atoms with E-state index in [0.29, 0.717) is 25.2 Å². The highest BCUT2D eigenvalue weighted by Gasteiger charge is 2.34. The number of hydrogen-bond donors (Lipinski definition) is 2. The Morgan fingerprint density at radius 1 is 1.40 bits per heavy atom. The average molecular weight is 343 g/mol. The predicted octanol–water partition coefficient (Wildman–Crippen LogP) is 2.12. The van der Waals surface area contributed by atoms with Crippen LogP contribution in [0.15, 0.2) is 28.9 Å². The molecule has 2 aromatic heterocycles. The second-order valence-corrected chi connectivity index (χ2v) is 6.89. The second-order valence-electron chi connectivity index (χ2n) is 6.89. The molecule has 1 saturated carbocycles. The molecular formula is C19H25N3O3. The molecular weight excluding hydrogens is 318 g/mol. The summed E-state index contributed by atoms with van der Waals surface area (Å²) in [6, 6.07) is 5.82. The quantitative estimate of drug-likeness (QED) is 0.804. The van der Waals surface area contributed by atoms with Gasteiger partial charge in [0.25, 0.3) is 0 Å². The number of carbonyl (C=O) groups excluding carboxylic acids is 1. The standard InChI is InChI=1S/C19H25N3O3/c1-12-17(13(2)25-22-12)6-7-19(24)21-18(14-9-16(23)10-14)11-15-5-3-4-8-20-15/h3-5,8,14,16,18,23H,6-7,9-11H2,1-2H3,(H,21,24)/t14?,16?,18-/m1/s1. The zero-order valence-corrected chi connectivity index (χ0v) is 14.7. The van der Waals surface area contributed by atoms with Crippen molar-refractivity contribution < 1.29 is 14.4 Å². The Hall–Kier alpha value is -2.21. The fourth-order valence-electron chi connectivity index (χ4n) is 3.41. The molecule has 0 aliphatic heterocycles. The molecule has 25 heavy (non-hydrogen) atoms. The fourth-order valence-corrected chi connectivity index (χ4v) is 3.41. The van der Waals surface area contributed by atoms with E-state index in [0.717, 1.165) is 35.6 Å². The van der Waals surface area contributed by atoms with Gasteiger partial charge in [-0.2, -0.15) is 0 Å². The van der Waals surface area contributed by atoms with Crippen LogP contribution in [0.3, 0.4) is 0 Å². The van der Waals surface area contributed by atoms with Crippen molar-refractivity contribution in [2.75, 3.05) is 0 Å². The summed E-state index contributed by atoms with van der Waals surface area (Å²) >= 11 is 0. The lowest BCUT2D eigenvalue weighted by Crippen LogP contribution is -2.48. The predicted molar refractivity (Wildman–Crippen MR) is 92.9 cm³/mol. The van der Waals surface area contributed by atoms with Crippen LogP contribution in [0, 0.1) is 19.8 Å². The van der Waals surface area contributed by atoms with Crippen LogP contribution in [-0.4, -0.2) is 33.3 Å². The molecule has 1 fully saturated rings. The number of aliphatic hydroxyl groups is 1.